The molecule has 2 heterocycles. The number of hydrogen-bond donors (Lipinski definition) is 3. The molecule has 1 aliphatic heterocycles. The smallest absolute Gasteiger partial charge is 0.290 e. The molecule has 1 fully saturated rings. The van der Waals surface area contributed by atoms with E-state index in [9.17, 15) is 9.59 Å². The van der Waals surface area contributed by atoms with Crippen molar-refractivity contribution in [3.8, 4) is 11.1 Å². The molecule has 1 aromatic heterocycles. The van der Waals surface area contributed by atoms with Crippen LogP contribution in [0.2, 0.25) is 0 Å². The number of rotatable bonds is 4. The summed E-state index contributed by atoms with van der Waals surface area (Å²) in [5.74, 6) is -0.310. The topological polar surface area (TPSA) is 126 Å². The van der Waals surface area contributed by atoms with Crippen molar-refractivity contribution in [2.24, 2.45) is 0 Å². The summed E-state index contributed by atoms with van der Waals surface area (Å²) in [7, 11) is 0. The maximum Gasteiger partial charge on any atom is 0.290 e. The zero-order chi connectivity index (χ0) is 24.3. The van der Waals surface area contributed by atoms with Gasteiger partial charge in [0.05, 0.1) is 11.3 Å². The van der Waals surface area contributed by atoms with Gasteiger partial charge in [0.2, 0.25) is 0 Å². The first-order valence-electron chi connectivity index (χ1n) is 11.1. The molecule has 1 aliphatic rings. The Kier molecular flexibility index (Phi) is 8.73. The van der Waals surface area contributed by atoms with E-state index >= 15 is 0 Å². The fourth-order valence-corrected chi connectivity index (χ4v) is 3.89. The number of carboxylic acid groups (broad SMARTS) is 1. The zero-order valence-corrected chi connectivity index (χ0v) is 18.8. The van der Waals surface area contributed by atoms with Gasteiger partial charge in [-0.1, -0.05) is 37.1 Å². The Hall–Kier alpha value is -4.20. The number of aromatic nitrogens is 1. The molecule has 176 valence electrons. The highest BCUT2D eigenvalue weighted by atomic mass is 16.3. The number of nitrogens with zero attached hydrogens (tertiary/aromatic N) is 2. The van der Waals surface area contributed by atoms with Gasteiger partial charge in [-0.25, -0.2) is 0 Å². The normalized spacial score (nSPS) is 13.1. The third-order valence-electron chi connectivity index (χ3n) is 5.59. The second-order valence-corrected chi connectivity index (χ2v) is 7.86. The number of amides is 2. The molecule has 4 N–H and O–H groups in total. The van der Waals surface area contributed by atoms with Crippen LogP contribution >= 0.6 is 0 Å². The summed E-state index contributed by atoms with van der Waals surface area (Å²) in [5.41, 5.74) is 9.76. The van der Waals surface area contributed by atoms with E-state index in [0.29, 0.717) is 22.5 Å². The van der Waals surface area contributed by atoms with E-state index in [1.54, 1.807) is 42.7 Å². The molecule has 4 rings (SSSR count). The van der Waals surface area contributed by atoms with Gasteiger partial charge in [-0.3, -0.25) is 19.4 Å². The minimum absolute atomic E-state index is 0.0327. The van der Waals surface area contributed by atoms with Crippen LogP contribution in [0.3, 0.4) is 0 Å². The minimum Gasteiger partial charge on any atom is -0.483 e. The summed E-state index contributed by atoms with van der Waals surface area (Å²) >= 11 is 0. The van der Waals surface area contributed by atoms with E-state index in [-0.39, 0.29) is 18.3 Å². The van der Waals surface area contributed by atoms with Crippen molar-refractivity contribution in [3.05, 3.63) is 78.1 Å². The molecule has 1 saturated heterocycles. The molecule has 3 aromatic rings. The van der Waals surface area contributed by atoms with Gasteiger partial charge in [0.25, 0.3) is 18.3 Å². The predicted octanol–water partition coefficient (Wildman–Crippen LogP) is 4.30. The van der Waals surface area contributed by atoms with E-state index < -0.39 is 0 Å². The Morgan fingerprint density at radius 3 is 2.41 bits per heavy atom. The van der Waals surface area contributed by atoms with Gasteiger partial charge in [0.1, 0.15) is 0 Å². The molecule has 0 radical (unpaired) electrons. The van der Waals surface area contributed by atoms with E-state index in [4.69, 9.17) is 15.6 Å². The quantitative estimate of drug-likeness (QED) is 0.499. The highest BCUT2D eigenvalue weighted by molar-refractivity contribution is 6.09. The third-order valence-corrected chi connectivity index (χ3v) is 5.59. The first-order chi connectivity index (χ1) is 16.5. The molecule has 0 saturated carbocycles. The summed E-state index contributed by atoms with van der Waals surface area (Å²) in [6.45, 7) is 1.27. The summed E-state index contributed by atoms with van der Waals surface area (Å²) in [4.78, 5) is 40.5. The van der Waals surface area contributed by atoms with Gasteiger partial charge >= 0.3 is 0 Å². The standard InChI is InChI=1S/C25H26N4O2.CH2O2/c26-22-12-13-27-17-21(22)18-8-7-9-19(16-18)24(30)28-23-11-4-3-10-20(23)25(31)29-14-5-1-2-6-15-29;2-1-3/h3-4,7-13,16-17H,1-2,5-6,14-15H2,(H2,26,27)(H,28,30);1H,(H,2,3). The van der Waals surface area contributed by atoms with Crippen LogP contribution in [0.5, 0.6) is 0 Å². The second kappa shape index (κ2) is 12.2. The van der Waals surface area contributed by atoms with Crippen LogP contribution in [0.4, 0.5) is 11.4 Å². The number of anilines is 2. The average Bonchev–Trinajstić information content (AvgIpc) is 3.15. The summed E-state index contributed by atoms with van der Waals surface area (Å²) in [6, 6.07) is 16.1. The molecule has 8 nitrogen and oxygen atoms in total. The lowest BCUT2D eigenvalue weighted by molar-refractivity contribution is -0.122. The lowest BCUT2D eigenvalue weighted by Crippen LogP contribution is -2.32. The van der Waals surface area contributed by atoms with E-state index in [2.05, 4.69) is 10.3 Å². The van der Waals surface area contributed by atoms with Crippen LogP contribution in [0.25, 0.3) is 11.1 Å². The Balaban J connectivity index is 0.00000103. The van der Waals surface area contributed by atoms with E-state index in [0.717, 1.165) is 49.9 Å². The van der Waals surface area contributed by atoms with Crippen molar-refractivity contribution < 1.29 is 19.5 Å². The number of hydrogen-bond acceptors (Lipinski definition) is 5. The highest BCUT2D eigenvalue weighted by Gasteiger charge is 2.21. The van der Waals surface area contributed by atoms with Gasteiger partial charge < -0.3 is 21.1 Å². The monoisotopic (exact) mass is 460 g/mol. The van der Waals surface area contributed by atoms with Crippen molar-refractivity contribution in [1.82, 2.24) is 9.88 Å². The first kappa shape index (κ1) is 24.4. The van der Waals surface area contributed by atoms with Crippen molar-refractivity contribution >= 4 is 29.7 Å². The Bertz CT molecular complexity index is 1140. The van der Waals surface area contributed by atoms with Crippen LogP contribution in [-0.2, 0) is 4.79 Å². The lowest BCUT2D eigenvalue weighted by atomic mass is 10.0. The van der Waals surface area contributed by atoms with Gasteiger partial charge in [-0.2, -0.15) is 0 Å². The van der Waals surface area contributed by atoms with Crippen LogP contribution in [0.15, 0.2) is 67.0 Å². The molecule has 0 bridgehead atoms. The number of nitrogens with two attached hydrogens (primary N) is 1. The number of carbonyl (C=O) groups is 3. The molecule has 0 unspecified atom stereocenters. The first-order valence-corrected chi connectivity index (χ1v) is 11.1. The summed E-state index contributed by atoms with van der Waals surface area (Å²) in [6.07, 6.45) is 7.66. The Morgan fingerprint density at radius 2 is 1.71 bits per heavy atom. The fraction of sp³-hybridized carbons (Fsp3) is 0.231. The SMILES string of the molecule is Nc1ccncc1-c1cccc(C(=O)Nc2ccccc2C(=O)N2CCCCCC2)c1.O=CO. The van der Waals surface area contributed by atoms with Gasteiger partial charge in [0.15, 0.2) is 0 Å². The zero-order valence-electron chi connectivity index (χ0n) is 18.8. The van der Waals surface area contributed by atoms with E-state index in [1.165, 1.54) is 0 Å². The van der Waals surface area contributed by atoms with Crippen LogP contribution in [0.1, 0.15) is 46.4 Å². The third kappa shape index (κ3) is 6.19. The van der Waals surface area contributed by atoms with Crippen molar-refractivity contribution in [2.75, 3.05) is 24.1 Å². The number of para-hydroxylation sites is 1. The number of benzene rings is 2. The average molecular weight is 461 g/mol. The summed E-state index contributed by atoms with van der Waals surface area (Å²) < 4.78 is 0. The van der Waals surface area contributed by atoms with Crippen LogP contribution < -0.4 is 11.1 Å². The second-order valence-electron chi connectivity index (χ2n) is 7.86. The summed E-state index contributed by atoms with van der Waals surface area (Å²) in [5, 5.41) is 9.81. The fourth-order valence-electron chi connectivity index (χ4n) is 3.89. The molecular formula is C26H28N4O4. The van der Waals surface area contributed by atoms with Crippen LogP contribution in [0, 0.1) is 0 Å². The number of likely N-dealkylation sites (tertiary alicyclic amines) is 1. The molecule has 2 amide bonds. The molecule has 0 atom stereocenters. The van der Waals surface area contributed by atoms with Crippen LogP contribution in [-0.4, -0.2) is 46.4 Å². The number of carbonyl (C=O) groups excluding carboxylic acids is 2. The van der Waals surface area contributed by atoms with E-state index in [1.807, 2.05) is 29.2 Å². The van der Waals surface area contributed by atoms with Crippen molar-refractivity contribution in [3.63, 3.8) is 0 Å². The maximum absolute atomic E-state index is 13.1. The maximum atomic E-state index is 13.1. The Morgan fingerprint density at radius 1 is 1.00 bits per heavy atom. The number of nitrogens with one attached hydrogen (secondary N) is 1. The predicted molar refractivity (Wildman–Crippen MR) is 132 cm³/mol. The molecule has 0 aliphatic carbocycles. The molecular weight excluding hydrogens is 432 g/mol. The molecule has 8 heteroatoms. The minimum atomic E-state index is -0.277. The Labute approximate surface area is 198 Å². The van der Waals surface area contributed by atoms with Crippen molar-refractivity contribution in [1.29, 1.82) is 0 Å². The number of pyridine rings is 1. The lowest BCUT2D eigenvalue weighted by Gasteiger charge is -2.22. The van der Waals surface area contributed by atoms with Gasteiger partial charge in [-0.15, -0.1) is 0 Å². The number of nitrogen functional groups attached to an aromatic ring is 1. The van der Waals surface area contributed by atoms with Crippen molar-refractivity contribution in [2.45, 2.75) is 25.7 Å². The molecule has 2 aromatic carbocycles. The molecule has 0 spiro atoms. The molecule has 34 heavy (non-hydrogen) atoms. The highest BCUT2D eigenvalue weighted by Crippen LogP contribution is 2.26. The van der Waals surface area contributed by atoms with Gasteiger partial charge in [0, 0.05) is 42.3 Å². The largest absolute Gasteiger partial charge is 0.483 e. The van der Waals surface area contributed by atoms with Gasteiger partial charge in [-0.05, 0) is 48.7 Å².